The first kappa shape index (κ1) is 27.5. The van der Waals surface area contributed by atoms with Crippen LogP contribution in [-0.4, -0.2) is 71.8 Å². The highest BCUT2D eigenvalue weighted by atomic mass is 16.6. The van der Waals surface area contributed by atoms with E-state index < -0.39 is 17.5 Å². The smallest absolute Gasteiger partial charge is 0.338 e. The molecule has 0 saturated carbocycles. The second kappa shape index (κ2) is 10.6. The Bertz CT molecular complexity index is 1870. The van der Waals surface area contributed by atoms with Crippen molar-refractivity contribution in [1.29, 1.82) is 0 Å². The summed E-state index contributed by atoms with van der Waals surface area (Å²) in [4.78, 5) is 44.9. The number of fused-ring (bicyclic) bond motifs is 2. The van der Waals surface area contributed by atoms with Crippen molar-refractivity contribution in [3.8, 4) is 17.3 Å². The molecular formula is C29H27N9O5. The molecule has 4 heterocycles. The van der Waals surface area contributed by atoms with Gasteiger partial charge in [-0.25, -0.2) is 14.3 Å². The lowest BCUT2D eigenvalue weighted by Crippen LogP contribution is -2.29. The summed E-state index contributed by atoms with van der Waals surface area (Å²) in [6.07, 6.45) is 1.56. The third kappa shape index (κ3) is 5.75. The molecule has 0 spiro atoms. The molecule has 3 aromatic heterocycles. The topological polar surface area (TPSA) is 159 Å². The molecule has 0 aliphatic carbocycles. The highest BCUT2D eigenvalue weighted by Gasteiger charge is 2.23. The molecule has 0 radical (unpaired) electrons. The number of hydrogen-bond acceptors (Lipinski definition) is 10. The van der Waals surface area contributed by atoms with E-state index in [9.17, 15) is 14.4 Å². The van der Waals surface area contributed by atoms with Gasteiger partial charge in [0.2, 0.25) is 5.82 Å². The van der Waals surface area contributed by atoms with E-state index in [1.54, 1.807) is 67.8 Å². The molecular weight excluding hydrogens is 554 g/mol. The molecule has 43 heavy (non-hydrogen) atoms. The molecule has 14 heteroatoms. The second-order valence-electron chi connectivity index (χ2n) is 10.9. The van der Waals surface area contributed by atoms with Crippen LogP contribution in [0.5, 0.6) is 5.75 Å². The largest absolute Gasteiger partial charge is 0.482 e. The quantitative estimate of drug-likeness (QED) is 0.295. The van der Waals surface area contributed by atoms with E-state index in [0.717, 1.165) is 5.56 Å². The molecule has 2 amide bonds. The molecule has 14 nitrogen and oxygen atoms in total. The van der Waals surface area contributed by atoms with Crippen molar-refractivity contribution in [1.82, 2.24) is 34.8 Å². The molecule has 0 unspecified atom stereocenters. The zero-order valence-electron chi connectivity index (χ0n) is 23.8. The van der Waals surface area contributed by atoms with Crippen molar-refractivity contribution < 1.29 is 23.9 Å². The van der Waals surface area contributed by atoms with Crippen LogP contribution >= 0.6 is 0 Å². The summed E-state index contributed by atoms with van der Waals surface area (Å²) in [6.45, 7) is 5.69. The van der Waals surface area contributed by atoms with Crippen molar-refractivity contribution in [2.45, 2.75) is 32.9 Å². The average molecular weight is 582 g/mol. The number of carbonyl (C=O) groups excluding carboxylic acids is 3. The molecule has 0 atom stereocenters. The fraction of sp³-hybridized carbons (Fsp3) is 0.241. The molecule has 1 aliphatic rings. The lowest BCUT2D eigenvalue weighted by molar-refractivity contribution is -0.118. The highest BCUT2D eigenvalue weighted by molar-refractivity contribution is 6.06. The van der Waals surface area contributed by atoms with E-state index in [1.165, 1.54) is 14.2 Å². The van der Waals surface area contributed by atoms with Gasteiger partial charge in [-0.3, -0.25) is 9.59 Å². The van der Waals surface area contributed by atoms with Crippen LogP contribution < -0.4 is 15.0 Å². The maximum absolute atomic E-state index is 13.5. The van der Waals surface area contributed by atoms with Crippen LogP contribution in [0.25, 0.3) is 17.2 Å². The number of amides is 2. The number of nitrogens with zero attached hydrogens (tertiary/aromatic N) is 8. The lowest BCUT2D eigenvalue weighted by atomic mass is 10.1. The minimum Gasteiger partial charge on any atom is -0.482 e. The molecule has 6 rings (SSSR count). The van der Waals surface area contributed by atoms with E-state index in [1.807, 2.05) is 20.8 Å². The fourth-order valence-corrected chi connectivity index (χ4v) is 4.41. The van der Waals surface area contributed by atoms with E-state index in [-0.39, 0.29) is 24.0 Å². The Balaban J connectivity index is 1.23. The monoisotopic (exact) mass is 581 g/mol. The number of esters is 1. The van der Waals surface area contributed by atoms with Gasteiger partial charge in [-0.05, 0) is 67.9 Å². The summed E-state index contributed by atoms with van der Waals surface area (Å²) < 4.78 is 12.4. The van der Waals surface area contributed by atoms with E-state index in [0.29, 0.717) is 40.6 Å². The van der Waals surface area contributed by atoms with Gasteiger partial charge in [-0.1, -0.05) is 12.1 Å². The van der Waals surface area contributed by atoms with Crippen LogP contribution in [0, 0.1) is 0 Å². The Hall–Kier alpha value is -5.66. The number of ether oxygens (including phenoxy) is 2. The third-order valence-corrected chi connectivity index (χ3v) is 6.46. The third-order valence-electron chi connectivity index (χ3n) is 6.46. The van der Waals surface area contributed by atoms with E-state index in [4.69, 9.17) is 9.47 Å². The first-order chi connectivity index (χ1) is 20.5. The fourth-order valence-electron chi connectivity index (χ4n) is 4.41. The normalized spacial score (nSPS) is 12.8. The Morgan fingerprint density at radius 2 is 1.88 bits per heavy atom. The van der Waals surface area contributed by atoms with Crippen LogP contribution in [0.4, 0.5) is 11.4 Å². The van der Waals surface area contributed by atoms with Gasteiger partial charge in [0.05, 0.1) is 24.0 Å². The van der Waals surface area contributed by atoms with Crippen LogP contribution in [0.1, 0.15) is 47.2 Å². The number of benzene rings is 2. The van der Waals surface area contributed by atoms with Crippen molar-refractivity contribution in [2.75, 3.05) is 23.9 Å². The summed E-state index contributed by atoms with van der Waals surface area (Å²) in [5.74, 6) is -0.297. The van der Waals surface area contributed by atoms with Crippen LogP contribution in [0.3, 0.4) is 0 Å². The number of nitrogens with one attached hydrogen (secondary N) is 1. The predicted molar refractivity (Wildman–Crippen MR) is 154 cm³/mol. The number of tetrazole rings is 1. The summed E-state index contributed by atoms with van der Waals surface area (Å²) in [5, 5.41) is 19.9. The zero-order valence-corrected chi connectivity index (χ0v) is 23.8. The molecule has 0 saturated heterocycles. The Morgan fingerprint density at radius 1 is 1.09 bits per heavy atom. The minimum atomic E-state index is -0.584. The zero-order chi connectivity index (χ0) is 30.3. The maximum Gasteiger partial charge on any atom is 0.338 e. The van der Waals surface area contributed by atoms with Crippen molar-refractivity contribution >= 4 is 34.8 Å². The number of hydrogen-bond donors (Lipinski definition) is 1. The number of aromatic nitrogens is 7. The molecule has 2 aromatic carbocycles. The van der Waals surface area contributed by atoms with Crippen molar-refractivity contribution in [3.63, 3.8) is 0 Å². The standard InChI is InChI=1S/C29H27N9O5/c1-29(2,3)43-28(41)18-7-5-17(6-8-18)15-37-34-26(33-35-37)22-14-21(31-24-11-12-30-38(22)24)27(40)36(4)19-9-10-23-20(13-19)32-25(39)16-42-23/h5-14H,15-16H2,1-4H3,(H,32,39). The van der Waals surface area contributed by atoms with Crippen molar-refractivity contribution in [3.05, 3.63) is 77.6 Å². The van der Waals surface area contributed by atoms with Gasteiger partial charge in [0, 0.05) is 18.8 Å². The Labute approximate surface area is 245 Å². The maximum atomic E-state index is 13.5. The van der Waals surface area contributed by atoms with E-state index >= 15 is 0 Å². The number of anilines is 2. The van der Waals surface area contributed by atoms with Gasteiger partial charge in [0.1, 0.15) is 22.7 Å². The average Bonchev–Trinajstić information content (AvgIpc) is 3.65. The molecule has 218 valence electrons. The highest BCUT2D eigenvalue weighted by Crippen LogP contribution is 2.32. The van der Waals surface area contributed by atoms with Gasteiger partial charge in [0.25, 0.3) is 11.8 Å². The number of carbonyl (C=O) groups is 3. The SMILES string of the molecule is CN(C(=O)c1cc(-c2nnn(Cc3ccc(C(=O)OC(C)(C)C)cc3)n2)n2nccc2n1)c1ccc2c(c1)NC(=O)CO2. The molecule has 5 aromatic rings. The summed E-state index contributed by atoms with van der Waals surface area (Å²) in [6, 6.07) is 15.3. The Morgan fingerprint density at radius 3 is 2.65 bits per heavy atom. The van der Waals surface area contributed by atoms with Gasteiger partial charge in [-0.15, -0.1) is 10.2 Å². The van der Waals surface area contributed by atoms with Crippen molar-refractivity contribution in [2.24, 2.45) is 0 Å². The van der Waals surface area contributed by atoms with Crippen LogP contribution in [-0.2, 0) is 16.1 Å². The second-order valence-corrected chi connectivity index (χ2v) is 10.9. The van der Waals surface area contributed by atoms with E-state index in [2.05, 4.69) is 30.8 Å². The summed E-state index contributed by atoms with van der Waals surface area (Å²) in [7, 11) is 1.61. The molecule has 0 bridgehead atoms. The van der Waals surface area contributed by atoms with Gasteiger partial charge in [-0.2, -0.15) is 9.90 Å². The molecule has 1 aliphatic heterocycles. The minimum absolute atomic E-state index is 0.0573. The van der Waals surface area contributed by atoms with Crippen LogP contribution in [0.2, 0.25) is 0 Å². The first-order valence-corrected chi connectivity index (χ1v) is 13.3. The van der Waals surface area contributed by atoms with Crippen LogP contribution in [0.15, 0.2) is 60.8 Å². The van der Waals surface area contributed by atoms with Gasteiger partial charge in [0.15, 0.2) is 12.3 Å². The predicted octanol–water partition coefficient (Wildman–Crippen LogP) is 2.99. The van der Waals surface area contributed by atoms with Gasteiger partial charge >= 0.3 is 5.97 Å². The number of rotatable bonds is 6. The lowest BCUT2D eigenvalue weighted by Gasteiger charge is -2.22. The first-order valence-electron chi connectivity index (χ1n) is 13.3. The Kier molecular flexibility index (Phi) is 6.80. The molecule has 1 N–H and O–H groups in total. The van der Waals surface area contributed by atoms with Gasteiger partial charge < -0.3 is 19.7 Å². The molecule has 0 fully saturated rings. The summed E-state index contributed by atoms with van der Waals surface area (Å²) >= 11 is 0. The summed E-state index contributed by atoms with van der Waals surface area (Å²) in [5.41, 5.74) is 2.70.